The van der Waals surface area contributed by atoms with Crippen LogP contribution < -0.4 is 0 Å². The van der Waals surface area contributed by atoms with Crippen molar-refractivity contribution < 1.29 is 12.8 Å². The highest BCUT2D eigenvalue weighted by molar-refractivity contribution is 9.10. The van der Waals surface area contributed by atoms with Gasteiger partial charge in [-0.25, -0.2) is 16.8 Å². The summed E-state index contributed by atoms with van der Waals surface area (Å²) in [6.45, 7) is 1.89. The van der Waals surface area contributed by atoms with Gasteiger partial charge in [-0.15, -0.1) is 0 Å². The third-order valence-corrected chi connectivity index (χ3v) is 5.58. The first-order chi connectivity index (χ1) is 9.89. The van der Waals surface area contributed by atoms with Gasteiger partial charge in [0.2, 0.25) is 0 Å². The van der Waals surface area contributed by atoms with Crippen LogP contribution in [0.15, 0.2) is 58.0 Å². The van der Waals surface area contributed by atoms with Crippen molar-refractivity contribution in [2.45, 2.75) is 11.8 Å². The minimum absolute atomic E-state index is 0.196. The second-order valence-electron chi connectivity index (χ2n) is 4.75. The molecule has 1 heterocycles. The molecule has 0 unspecified atom stereocenters. The molecular weight excluding hydrogens is 357 g/mol. The molecule has 0 spiro atoms. The Morgan fingerprint density at radius 2 is 1.76 bits per heavy atom. The standard InChI is InChI=1S/C15H11BrFNO2S/c1-10-2-5-12(6-3-10)21(19,20)18-9-14(16)13-8-11(17)4-7-15(13)18/h2-9H,1H3. The van der Waals surface area contributed by atoms with E-state index in [-0.39, 0.29) is 4.90 Å². The van der Waals surface area contributed by atoms with Gasteiger partial charge in [-0.05, 0) is 53.2 Å². The van der Waals surface area contributed by atoms with Gasteiger partial charge < -0.3 is 0 Å². The van der Waals surface area contributed by atoms with Gasteiger partial charge >= 0.3 is 0 Å². The average Bonchev–Trinajstić information content (AvgIpc) is 2.77. The molecule has 0 aliphatic carbocycles. The lowest BCUT2D eigenvalue weighted by Gasteiger charge is -2.07. The van der Waals surface area contributed by atoms with Crippen LogP contribution in [0.5, 0.6) is 0 Å². The van der Waals surface area contributed by atoms with Gasteiger partial charge in [-0.3, -0.25) is 0 Å². The van der Waals surface area contributed by atoms with Gasteiger partial charge in [0.15, 0.2) is 0 Å². The average molecular weight is 368 g/mol. The number of fused-ring (bicyclic) bond motifs is 1. The Bertz CT molecular complexity index is 930. The van der Waals surface area contributed by atoms with E-state index in [1.807, 2.05) is 6.92 Å². The van der Waals surface area contributed by atoms with Gasteiger partial charge in [-0.2, -0.15) is 0 Å². The summed E-state index contributed by atoms with van der Waals surface area (Å²) >= 11 is 3.28. The monoisotopic (exact) mass is 367 g/mol. The van der Waals surface area contributed by atoms with Crippen molar-refractivity contribution in [2.75, 3.05) is 0 Å². The van der Waals surface area contributed by atoms with Gasteiger partial charge in [-0.1, -0.05) is 17.7 Å². The van der Waals surface area contributed by atoms with Crippen molar-refractivity contribution in [3.63, 3.8) is 0 Å². The van der Waals surface area contributed by atoms with E-state index in [0.717, 1.165) is 9.54 Å². The number of rotatable bonds is 2. The molecule has 2 aromatic carbocycles. The Labute approximate surface area is 130 Å². The predicted octanol–water partition coefficient (Wildman–Crippen LogP) is 4.09. The third-order valence-electron chi connectivity index (χ3n) is 3.26. The van der Waals surface area contributed by atoms with E-state index in [1.54, 1.807) is 24.3 Å². The van der Waals surface area contributed by atoms with Crippen molar-refractivity contribution in [1.82, 2.24) is 3.97 Å². The number of aromatic nitrogens is 1. The van der Waals surface area contributed by atoms with E-state index < -0.39 is 15.8 Å². The zero-order valence-corrected chi connectivity index (χ0v) is 13.4. The van der Waals surface area contributed by atoms with Gasteiger partial charge in [0.05, 0.1) is 10.4 Å². The minimum Gasteiger partial charge on any atom is -0.240 e. The lowest BCUT2D eigenvalue weighted by Crippen LogP contribution is -2.11. The zero-order chi connectivity index (χ0) is 15.2. The van der Waals surface area contributed by atoms with Crippen molar-refractivity contribution in [3.05, 3.63) is 64.5 Å². The highest BCUT2D eigenvalue weighted by atomic mass is 79.9. The van der Waals surface area contributed by atoms with Crippen LogP contribution in [-0.2, 0) is 10.0 Å². The van der Waals surface area contributed by atoms with Crippen molar-refractivity contribution in [2.24, 2.45) is 0 Å². The molecule has 0 saturated carbocycles. The first-order valence-electron chi connectivity index (χ1n) is 6.18. The third kappa shape index (κ3) is 2.38. The summed E-state index contributed by atoms with van der Waals surface area (Å²) in [7, 11) is -3.71. The predicted molar refractivity (Wildman–Crippen MR) is 83.4 cm³/mol. The normalized spacial score (nSPS) is 12.0. The van der Waals surface area contributed by atoms with Crippen LogP contribution in [0.25, 0.3) is 10.9 Å². The molecule has 0 aliphatic rings. The topological polar surface area (TPSA) is 39.1 Å². The Balaban J connectivity index is 2.26. The summed E-state index contributed by atoms with van der Waals surface area (Å²) in [5, 5.41) is 0.519. The molecule has 3 rings (SSSR count). The number of aryl methyl sites for hydroxylation is 1. The number of nitrogens with zero attached hydrogens (tertiary/aromatic N) is 1. The smallest absolute Gasteiger partial charge is 0.240 e. The summed E-state index contributed by atoms with van der Waals surface area (Å²) in [6.07, 6.45) is 1.44. The maximum Gasteiger partial charge on any atom is 0.268 e. The lowest BCUT2D eigenvalue weighted by molar-refractivity contribution is 0.589. The van der Waals surface area contributed by atoms with Crippen molar-refractivity contribution in [1.29, 1.82) is 0 Å². The van der Waals surface area contributed by atoms with E-state index in [1.165, 1.54) is 24.4 Å². The number of benzene rings is 2. The molecule has 0 bridgehead atoms. The SMILES string of the molecule is Cc1ccc(S(=O)(=O)n2cc(Br)c3cc(F)ccc32)cc1. The van der Waals surface area contributed by atoms with E-state index in [9.17, 15) is 12.8 Å². The molecule has 0 aliphatic heterocycles. The highest BCUT2D eigenvalue weighted by Crippen LogP contribution is 2.30. The summed E-state index contributed by atoms with van der Waals surface area (Å²) in [4.78, 5) is 0.196. The molecule has 6 heteroatoms. The number of hydrogen-bond acceptors (Lipinski definition) is 2. The summed E-state index contributed by atoms with van der Waals surface area (Å²) in [5.41, 5.74) is 1.42. The minimum atomic E-state index is -3.71. The second kappa shape index (κ2) is 4.96. The van der Waals surface area contributed by atoms with Gasteiger partial charge in [0.25, 0.3) is 10.0 Å². The van der Waals surface area contributed by atoms with Crippen molar-refractivity contribution >= 4 is 36.9 Å². The summed E-state index contributed by atoms with van der Waals surface area (Å²) in [6, 6.07) is 10.6. The molecular formula is C15H11BrFNO2S. The Hall–Kier alpha value is -1.66. The molecule has 0 fully saturated rings. The Morgan fingerprint density at radius 3 is 2.43 bits per heavy atom. The molecule has 3 nitrogen and oxygen atoms in total. The number of halogens is 2. The molecule has 0 atom stereocenters. The van der Waals surface area contributed by atoms with Crippen LogP contribution in [0.3, 0.4) is 0 Å². The fourth-order valence-corrected chi connectivity index (χ4v) is 4.18. The van der Waals surface area contributed by atoms with Crippen LogP contribution in [-0.4, -0.2) is 12.4 Å². The van der Waals surface area contributed by atoms with Gasteiger partial charge in [0, 0.05) is 16.1 Å². The van der Waals surface area contributed by atoms with Gasteiger partial charge in [0.1, 0.15) is 5.82 Å². The molecule has 21 heavy (non-hydrogen) atoms. The molecule has 0 radical (unpaired) electrons. The molecule has 0 N–H and O–H groups in total. The fourth-order valence-electron chi connectivity index (χ4n) is 2.16. The maximum absolute atomic E-state index is 13.3. The first kappa shape index (κ1) is 14.3. The van der Waals surface area contributed by atoms with Crippen molar-refractivity contribution in [3.8, 4) is 0 Å². The van der Waals surface area contributed by atoms with Crippen LogP contribution >= 0.6 is 15.9 Å². The Morgan fingerprint density at radius 1 is 1.10 bits per heavy atom. The maximum atomic E-state index is 13.3. The molecule has 1 aromatic heterocycles. The van der Waals surface area contributed by atoms with Crippen LogP contribution in [0.2, 0.25) is 0 Å². The fraction of sp³-hybridized carbons (Fsp3) is 0.0667. The molecule has 0 saturated heterocycles. The van der Waals surface area contributed by atoms with E-state index in [2.05, 4.69) is 15.9 Å². The van der Waals surface area contributed by atoms with Crippen LogP contribution in [0.4, 0.5) is 4.39 Å². The summed E-state index contributed by atoms with van der Waals surface area (Å²) < 4.78 is 40.4. The van der Waals surface area contributed by atoms with E-state index >= 15 is 0 Å². The summed E-state index contributed by atoms with van der Waals surface area (Å²) in [5.74, 6) is -0.409. The lowest BCUT2D eigenvalue weighted by atomic mass is 10.2. The molecule has 108 valence electrons. The van der Waals surface area contributed by atoms with Crippen LogP contribution in [0.1, 0.15) is 5.56 Å². The van der Waals surface area contributed by atoms with E-state index in [0.29, 0.717) is 15.4 Å². The first-order valence-corrected chi connectivity index (χ1v) is 8.41. The quantitative estimate of drug-likeness (QED) is 0.684. The van der Waals surface area contributed by atoms with E-state index in [4.69, 9.17) is 0 Å². The largest absolute Gasteiger partial charge is 0.268 e. The molecule has 0 amide bonds. The van der Waals surface area contributed by atoms with Crippen LogP contribution in [0, 0.1) is 12.7 Å². The highest BCUT2D eigenvalue weighted by Gasteiger charge is 2.20. The molecule has 3 aromatic rings. The second-order valence-corrected chi connectivity index (χ2v) is 7.42. The zero-order valence-electron chi connectivity index (χ0n) is 11.0. The number of hydrogen-bond donors (Lipinski definition) is 0. The Kier molecular flexibility index (Phi) is 3.37.